The summed E-state index contributed by atoms with van der Waals surface area (Å²) in [6, 6.07) is 8.75. The number of amides is 2. The number of aromatic nitrogens is 1. The summed E-state index contributed by atoms with van der Waals surface area (Å²) in [7, 11) is 0. The van der Waals surface area contributed by atoms with E-state index in [1.165, 1.54) is 11.3 Å². The summed E-state index contributed by atoms with van der Waals surface area (Å²) >= 11 is 1.39. The van der Waals surface area contributed by atoms with Gasteiger partial charge in [-0.05, 0) is 24.6 Å². The van der Waals surface area contributed by atoms with Crippen LogP contribution < -0.4 is 0 Å². The highest BCUT2D eigenvalue weighted by atomic mass is 32.1. The lowest BCUT2D eigenvalue weighted by molar-refractivity contribution is 0.0716. The second-order valence-electron chi connectivity index (χ2n) is 5.50. The second-order valence-corrected chi connectivity index (χ2v) is 6.22. The Bertz CT molecular complexity index is 782. The first-order valence-electron chi connectivity index (χ1n) is 7.66. The van der Waals surface area contributed by atoms with Gasteiger partial charge in [-0.3, -0.25) is 9.59 Å². The van der Waals surface area contributed by atoms with Crippen LogP contribution in [0.3, 0.4) is 0 Å². The van der Waals surface area contributed by atoms with Crippen molar-refractivity contribution in [2.24, 2.45) is 0 Å². The third-order valence-corrected chi connectivity index (χ3v) is 4.55. The summed E-state index contributed by atoms with van der Waals surface area (Å²) < 4.78 is 0. The van der Waals surface area contributed by atoms with Gasteiger partial charge in [0.15, 0.2) is 0 Å². The number of hydrogen-bond acceptors (Lipinski definition) is 5. The van der Waals surface area contributed by atoms with Gasteiger partial charge in [-0.25, -0.2) is 4.98 Å². The van der Waals surface area contributed by atoms with Gasteiger partial charge in [0.2, 0.25) is 0 Å². The molecule has 0 atom stereocenters. The Labute approximate surface area is 143 Å². The maximum absolute atomic E-state index is 12.6. The number of carbonyl (C=O) groups excluding carboxylic acids is 2. The minimum absolute atomic E-state index is 0.0861. The van der Waals surface area contributed by atoms with Gasteiger partial charge in [0, 0.05) is 37.1 Å². The molecule has 122 valence electrons. The molecule has 0 spiro atoms. The summed E-state index contributed by atoms with van der Waals surface area (Å²) in [4.78, 5) is 32.5. The van der Waals surface area contributed by atoms with Crippen LogP contribution in [-0.4, -0.2) is 52.8 Å². The van der Waals surface area contributed by atoms with Crippen molar-refractivity contribution in [1.29, 1.82) is 5.26 Å². The van der Waals surface area contributed by atoms with Crippen LogP contribution in [0, 0.1) is 11.3 Å². The predicted molar refractivity (Wildman–Crippen MR) is 89.7 cm³/mol. The minimum atomic E-state index is -0.102. The molecule has 0 saturated carbocycles. The molecule has 2 heterocycles. The zero-order valence-corrected chi connectivity index (χ0v) is 13.8. The summed E-state index contributed by atoms with van der Waals surface area (Å²) in [5.41, 5.74) is 3.08. The lowest BCUT2D eigenvalue weighted by Gasteiger charge is -2.22. The largest absolute Gasteiger partial charge is 0.337 e. The van der Waals surface area contributed by atoms with E-state index in [1.54, 1.807) is 45.0 Å². The normalized spacial score (nSPS) is 14.8. The van der Waals surface area contributed by atoms with Crippen molar-refractivity contribution in [3.63, 3.8) is 0 Å². The molecule has 1 aliphatic rings. The zero-order chi connectivity index (χ0) is 16.9. The Morgan fingerprint density at radius 2 is 1.88 bits per heavy atom. The van der Waals surface area contributed by atoms with Crippen molar-refractivity contribution in [3.8, 4) is 6.07 Å². The van der Waals surface area contributed by atoms with Crippen LogP contribution in [0.2, 0.25) is 0 Å². The molecule has 3 rings (SSSR count). The van der Waals surface area contributed by atoms with Crippen molar-refractivity contribution in [2.45, 2.75) is 6.42 Å². The average Bonchev–Trinajstić information content (AvgIpc) is 3.05. The van der Waals surface area contributed by atoms with Crippen molar-refractivity contribution in [1.82, 2.24) is 14.8 Å². The smallest absolute Gasteiger partial charge is 0.273 e. The highest BCUT2D eigenvalue weighted by Crippen LogP contribution is 2.13. The van der Waals surface area contributed by atoms with E-state index in [2.05, 4.69) is 4.98 Å². The van der Waals surface area contributed by atoms with E-state index in [1.807, 2.05) is 6.07 Å². The Hall–Kier alpha value is -2.72. The molecule has 2 amide bonds. The van der Waals surface area contributed by atoms with Crippen LogP contribution in [0.25, 0.3) is 0 Å². The van der Waals surface area contributed by atoms with E-state index in [-0.39, 0.29) is 11.8 Å². The molecule has 1 aromatic heterocycles. The Balaban J connectivity index is 1.68. The van der Waals surface area contributed by atoms with Crippen LogP contribution in [0.15, 0.2) is 35.2 Å². The zero-order valence-electron chi connectivity index (χ0n) is 13.0. The summed E-state index contributed by atoms with van der Waals surface area (Å²) in [6.45, 7) is 2.17. The highest BCUT2D eigenvalue weighted by Gasteiger charge is 2.24. The van der Waals surface area contributed by atoms with E-state index in [0.717, 1.165) is 6.42 Å². The lowest BCUT2D eigenvalue weighted by Crippen LogP contribution is -2.37. The van der Waals surface area contributed by atoms with Crippen molar-refractivity contribution in [3.05, 3.63) is 52.0 Å². The maximum atomic E-state index is 12.6. The molecule has 7 heteroatoms. The summed E-state index contributed by atoms with van der Waals surface area (Å²) in [5.74, 6) is -0.188. The molecule has 24 heavy (non-hydrogen) atoms. The van der Waals surface area contributed by atoms with Gasteiger partial charge < -0.3 is 9.80 Å². The molecule has 0 unspecified atom stereocenters. The van der Waals surface area contributed by atoms with E-state index in [0.29, 0.717) is 43.0 Å². The molecule has 0 radical (unpaired) electrons. The molecule has 0 bridgehead atoms. The molecule has 0 aliphatic carbocycles. The van der Waals surface area contributed by atoms with Crippen molar-refractivity contribution < 1.29 is 9.59 Å². The fourth-order valence-corrected chi connectivity index (χ4v) is 3.23. The number of carbonyl (C=O) groups is 2. The molecular weight excluding hydrogens is 324 g/mol. The highest BCUT2D eigenvalue weighted by molar-refractivity contribution is 7.07. The SMILES string of the molecule is N#Cc1cccc(C(=O)N2CCCN(C(=O)c3cscn3)CC2)c1. The molecule has 2 aromatic rings. The van der Waals surface area contributed by atoms with Crippen LogP contribution in [0.5, 0.6) is 0 Å². The predicted octanol–water partition coefficient (Wildman–Crippen LogP) is 2.00. The Morgan fingerprint density at radius 1 is 1.12 bits per heavy atom. The van der Waals surface area contributed by atoms with Crippen LogP contribution in [0.4, 0.5) is 0 Å². The van der Waals surface area contributed by atoms with Gasteiger partial charge in [-0.2, -0.15) is 5.26 Å². The molecular formula is C17H16N4O2S. The Kier molecular flexibility index (Phi) is 4.87. The standard InChI is InChI=1S/C17H16N4O2S/c18-10-13-3-1-4-14(9-13)16(22)20-5-2-6-21(8-7-20)17(23)15-11-24-12-19-15/h1,3-4,9,11-12H,2,5-8H2. The van der Waals surface area contributed by atoms with Gasteiger partial charge in [0.25, 0.3) is 11.8 Å². The number of benzene rings is 1. The summed E-state index contributed by atoms with van der Waals surface area (Å²) in [6.07, 6.45) is 0.722. The van der Waals surface area contributed by atoms with Gasteiger partial charge in [-0.1, -0.05) is 6.07 Å². The van der Waals surface area contributed by atoms with Crippen molar-refractivity contribution >= 4 is 23.2 Å². The van der Waals surface area contributed by atoms with E-state index in [4.69, 9.17) is 5.26 Å². The third-order valence-electron chi connectivity index (χ3n) is 3.96. The first-order chi connectivity index (χ1) is 11.7. The van der Waals surface area contributed by atoms with Crippen LogP contribution in [0.1, 0.15) is 32.8 Å². The monoisotopic (exact) mass is 340 g/mol. The van der Waals surface area contributed by atoms with Crippen LogP contribution in [-0.2, 0) is 0 Å². The molecule has 0 N–H and O–H groups in total. The molecule has 1 fully saturated rings. The number of thiazole rings is 1. The molecule has 1 aliphatic heterocycles. The number of nitriles is 1. The van der Waals surface area contributed by atoms with Gasteiger partial charge in [0.05, 0.1) is 17.1 Å². The van der Waals surface area contributed by atoms with E-state index in [9.17, 15) is 9.59 Å². The van der Waals surface area contributed by atoms with Gasteiger partial charge in [-0.15, -0.1) is 11.3 Å². The molecule has 1 aromatic carbocycles. The fraction of sp³-hybridized carbons (Fsp3) is 0.294. The van der Waals surface area contributed by atoms with Crippen molar-refractivity contribution in [2.75, 3.05) is 26.2 Å². The molecule has 1 saturated heterocycles. The molecule has 6 nitrogen and oxygen atoms in total. The summed E-state index contributed by atoms with van der Waals surface area (Å²) in [5, 5.41) is 10.7. The average molecular weight is 340 g/mol. The number of nitrogens with zero attached hydrogens (tertiary/aromatic N) is 4. The van der Waals surface area contributed by atoms with E-state index >= 15 is 0 Å². The lowest BCUT2D eigenvalue weighted by atomic mass is 10.1. The first kappa shape index (κ1) is 16.1. The topological polar surface area (TPSA) is 77.3 Å². The first-order valence-corrected chi connectivity index (χ1v) is 8.60. The van der Waals surface area contributed by atoms with Gasteiger partial charge >= 0.3 is 0 Å². The minimum Gasteiger partial charge on any atom is -0.337 e. The third kappa shape index (κ3) is 3.44. The number of hydrogen-bond donors (Lipinski definition) is 0. The van der Waals surface area contributed by atoms with Crippen LogP contribution >= 0.6 is 11.3 Å². The maximum Gasteiger partial charge on any atom is 0.273 e. The fourth-order valence-electron chi connectivity index (χ4n) is 2.71. The Morgan fingerprint density at radius 3 is 2.54 bits per heavy atom. The van der Waals surface area contributed by atoms with Gasteiger partial charge in [0.1, 0.15) is 5.69 Å². The quantitative estimate of drug-likeness (QED) is 0.838. The number of rotatable bonds is 2. The second kappa shape index (κ2) is 7.23. The van der Waals surface area contributed by atoms with E-state index < -0.39 is 0 Å².